The number of carbonyl (C=O) groups is 1. The summed E-state index contributed by atoms with van der Waals surface area (Å²) in [5.41, 5.74) is 1.85. The number of methoxy groups -OCH3 is 1. The second-order valence-electron chi connectivity index (χ2n) is 5.07. The molecule has 112 valence electrons. The molecule has 4 heteroatoms. The van der Waals surface area contributed by atoms with Crippen molar-refractivity contribution in [3.05, 3.63) is 71.5 Å². The summed E-state index contributed by atoms with van der Waals surface area (Å²) >= 11 is 0. The van der Waals surface area contributed by atoms with Gasteiger partial charge < -0.3 is 14.6 Å². The van der Waals surface area contributed by atoms with Crippen LogP contribution in [-0.2, 0) is 16.0 Å². The van der Waals surface area contributed by atoms with Gasteiger partial charge in [0.15, 0.2) is 6.10 Å². The fourth-order valence-electron chi connectivity index (χ4n) is 2.50. The average molecular weight is 296 g/mol. The van der Waals surface area contributed by atoms with Crippen LogP contribution in [0.15, 0.2) is 60.4 Å². The lowest BCUT2D eigenvalue weighted by molar-refractivity contribution is -0.138. The van der Waals surface area contributed by atoms with E-state index in [-0.39, 0.29) is 11.3 Å². The Hall–Kier alpha value is -2.75. The molecule has 0 unspecified atom stereocenters. The van der Waals surface area contributed by atoms with E-state index in [1.54, 1.807) is 31.4 Å². The van der Waals surface area contributed by atoms with E-state index in [0.29, 0.717) is 17.7 Å². The molecule has 1 aliphatic heterocycles. The van der Waals surface area contributed by atoms with Gasteiger partial charge in [-0.15, -0.1) is 0 Å². The molecule has 0 spiro atoms. The Morgan fingerprint density at radius 2 is 1.77 bits per heavy atom. The van der Waals surface area contributed by atoms with Crippen LogP contribution in [0.4, 0.5) is 0 Å². The summed E-state index contributed by atoms with van der Waals surface area (Å²) in [4.78, 5) is 12.1. The number of ether oxygens (including phenoxy) is 2. The van der Waals surface area contributed by atoms with Gasteiger partial charge in [0.05, 0.1) is 7.11 Å². The van der Waals surface area contributed by atoms with E-state index in [1.165, 1.54) is 0 Å². The molecule has 0 fully saturated rings. The van der Waals surface area contributed by atoms with Crippen LogP contribution in [0.2, 0.25) is 0 Å². The lowest BCUT2D eigenvalue weighted by Crippen LogP contribution is -2.14. The van der Waals surface area contributed by atoms with Crippen molar-refractivity contribution >= 4 is 11.5 Å². The van der Waals surface area contributed by atoms with Gasteiger partial charge in [-0.1, -0.05) is 42.5 Å². The summed E-state index contributed by atoms with van der Waals surface area (Å²) in [6, 6.07) is 16.6. The molecule has 4 nitrogen and oxygen atoms in total. The number of hydrogen-bond donors (Lipinski definition) is 1. The molecule has 3 rings (SSSR count). The second kappa shape index (κ2) is 5.93. The number of cyclic esters (lactones) is 1. The molecule has 2 aromatic rings. The number of rotatable bonds is 4. The van der Waals surface area contributed by atoms with Gasteiger partial charge in [0, 0.05) is 6.42 Å². The summed E-state index contributed by atoms with van der Waals surface area (Å²) < 4.78 is 10.4. The Morgan fingerprint density at radius 3 is 2.41 bits per heavy atom. The number of esters is 1. The van der Waals surface area contributed by atoms with Crippen LogP contribution in [0.5, 0.6) is 5.75 Å². The smallest absolute Gasteiger partial charge is 0.343 e. The predicted octanol–water partition coefficient (Wildman–Crippen LogP) is 3.13. The Kier molecular flexibility index (Phi) is 3.83. The van der Waals surface area contributed by atoms with Gasteiger partial charge in [-0.25, -0.2) is 4.79 Å². The van der Waals surface area contributed by atoms with Crippen molar-refractivity contribution in [1.29, 1.82) is 0 Å². The molecule has 1 aliphatic rings. The fraction of sp³-hybridized carbons (Fsp3) is 0.167. The van der Waals surface area contributed by atoms with Gasteiger partial charge in [0.1, 0.15) is 17.1 Å². The molecule has 1 heterocycles. The first-order valence-electron chi connectivity index (χ1n) is 7.01. The Labute approximate surface area is 128 Å². The van der Waals surface area contributed by atoms with Crippen molar-refractivity contribution in [2.24, 2.45) is 0 Å². The Bertz CT molecular complexity index is 702. The summed E-state index contributed by atoms with van der Waals surface area (Å²) in [7, 11) is 1.57. The van der Waals surface area contributed by atoms with Gasteiger partial charge in [-0.05, 0) is 23.3 Å². The van der Waals surface area contributed by atoms with E-state index >= 15 is 0 Å². The van der Waals surface area contributed by atoms with E-state index < -0.39 is 12.1 Å². The number of benzene rings is 2. The summed E-state index contributed by atoms with van der Waals surface area (Å²) in [6.45, 7) is 0. The highest BCUT2D eigenvalue weighted by Gasteiger charge is 2.35. The minimum Gasteiger partial charge on any atom is -0.507 e. The second-order valence-corrected chi connectivity index (χ2v) is 5.07. The van der Waals surface area contributed by atoms with E-state index in [1.807, 2.05) is 30.3 Å². The summed E-state index contributed by atoms with van der Waals surface area (Å²) in [5.74, 6) is 0.179. The van der Waals surface area contributed by atoms with Crippen LogP contribution >= 0.6 is 0 Å². The molecular formula is C18H16O4. The quantitative estimate of drug-likeness (QED) is 0.881. The van der Waals surface area contributed by atoms with Crippen LogP contribution in [0.3, 0.4) is 0 Å². The highest BCUT2D eigenvalue weighted by molar-refractivity contribution is 6.19. The first-order valence-corrected chi connectivity index (χ1v) is 7.01. The summed E-state index contributed by atoms with van der Waals surface area (Å²) in [5, 5.41) is 10.4. The standard InChI is InChI=1S/C18H16O4/c1-21-14-9-7-13(8-10-14)16-17(19)15(22-18(16)20)11-12-5-3-2-4-6-12/h2-10,15,19H,11H2,1H3/t15-/m0/s1. The van der Waals surface area contributed by atoms with Gasteiger partial charge in [0.25, 0.3) is 0 Å². The Morgan fingerprint density at radius 1 is 1.09 bits per heavy atom. The zero-order valence-corrected chi connectivity index (χ0v) is 12.2. The number of aliphatic hydroxyl groups excluding tert-OH is 1. The molecule has 0 saturated heterocycles. The molecule has 1 atom stereocenters. The molecule has 0 aromatic heterocycles. The molecule has 22 heavy (non-hydrogen) atoms. The van der Waals surface area contributed by atoms with E-state index in [2.05, 4.69) is 0 Å². The van der Waals surface area contributed by atoms with Gasteiger partial charge in [-0.2, -0.15) is 0 Å². The monoisotopic (exact) mass is 296 g/mol. The van der Waals surface area contributed by atoms with E-state index in [9.17, 15) is 9.90 Å². The topological polar surface area (TPSA) is 55.8 Å². The van der Waals surface area contributed by atoms with Crippen molar-refractivity contribution in [2.45, 2.75) is 12.5 Å². The van der Waals surface area contributed by atoms with Crippen LogP contribution < -0.4 is 4.74 Å². The maximum absolute atomic E-state index is 12.1. The molecule has 0 radical (unpaired) electrons. The molecule has 1 N–H and O–H groups in total. The van der Waals surface area contributed by atoms with Gasteiger partial charge >= 0.3 is 5.97 Å². The predicted molar refractivity (Wildman–Crippen MR) is 82.6 cm³/mol. The average Bonchev–Trinajstić information content (AvgIpc) is 2.82. The van der Waals surface area contributed by atoms with Crippen LogP contribution in [0, 0.1) is 0 Å². The lowest BCUT2D eigenvalue weighted by atomic mass is 10.0. The zero-order valence-electron chi connectivity index (χ0n) is 12.2. The molecular weight excluding hydrogens is 280 g/mol. The fourth-order valence-corrected chi connectivity index (χ4v) is 2.50. The Balaban J connectivity index is 1.87. The molecule has 0 bridgehead atoms. The van der Waals surface area contributed by atoms with E-state index in [0.717, 1.165) is 5.56 Å². The third kappa shape index (κ3) is 2.68. The van der Waals surface area contributed by atoms with Crippen LogP contribution in [-0.4, -0.2) is 24.3 Å². The minimum atomic E-state index is -0.632. The third-order valence-electron chi connectivity index (χ3n) is 3.66. The van der Waals surface area contributed by atoms with Crippen LogP contribution in [0.25, 0.3) is 5.57 Å². The zero-order chi connectivity index (χ0) is 15.5. The SMILES string of the molecule is COc1ccc(C2=C(O)[C@H](Cc3ccccc3)OC2=O)cc1. The van der Waals surface area contributed by atoms with Crippen molar-refractivity contribution < 1.29 is 19.4 Å². The summed E-state index contributed by atoms with van der Waals surface area (Å²) in [6.07, 6.45) is -0.176. The molecule has 0 amide bonds. The van der Waals surface area contributed by atoms with Crippen molar-refractivity contribution in [1.82, 2.24) is 0 Å². The van der Waals surface area contributed by atoms with Crippen LogP contribution in [0.1, 0.15) is 11.1 Å². The third-order valence-corrected chi connectivity index (χ3v) is 3.66. The number of aliphatic hydroxyl groups is 1. The van der Waals surface area contributed by atoms with Gasteiger partial charge in [-0.3, -0.25) is 0 Å². The van der Waals surface area contributed by atoms with Crippen molar-refractivity contribution in [2.75, 3.05) is 7.11 Å². The van der Waals surface area contributed by atoms with Gasteiger partial charge in [0.2, 0.25) is 0 Å². The first kappa shape index (κ1) is 14.2. The normalized spacial score (nSPS) is 17.5. The first-order chi connectivity index (χ1) is 10.7. The number of hydrogen-bond acceptors (Lipinski definition) is 4. The van der Waals surface area contributed by atoms with Crippen molar-refractivity contribution in [3.63, 3.8) is 0 Å². The maximum atomic E-state index is 12.1. The lowest BCUT2D eigenvalue weighted by Gasteiger charge is -2.09. The van der Waals surface area contributed by atoms with Crippen molar-refractivity contribution in [3.8, 4) is 5.75 Å². The molecule has 2 aromatic carbocycles. The molecule has 0 saturated carbocycles. The molecule has 0 aliphatic carbocycles. The number of carbonyl (C=O) groups excluding carboxylic acids is 1. The highest BCUT2D eigenvalue weighted by atomic mass is 16.6. The highest BCUT2D eigenvalue weighted by Crippen LogP contribution is 2.31. The minimum absolute atomic E-state index is 0.0148. The maximum Gasteiger partial charge on any atom is 0.343 e. The largest absolute Gasteiger partial charge is 0.507 e. The van der Waals surface area contributed by atoms with E-state index in [4.69, 9.17) is 9.47 Å².